The third-order valence-corrected chi connectivity index (χ3v) is 3.43. The van der Waals surface area contributed by atoms with Crippen molar-refractivity contribution in [1.29, 1.82) is 0 Å². The third-order valence-electron chi connectivity index (χ3n) is 3.43. The van der Waals surface area contributed by atoms with E-state index in [2.05, 4.69) is 32.1 Å². The summed E-state index contributed by atoms with van der Waals surface area (Å²) in [4.78, 5) is 11.5. The van der Waals surface area contributed by atoms with Gasteiger partial charge in [0, 0.05) is 5.41 Å². The van der Waals surface area contributed by atoms with Gasteiger partial charge < -0.3 is 5.73 Å². The molecular formula is C15H17NO. The van der Waals surface area contributed by atoms with Gasteiger partial charge in [-0.05, 0) is 11.1 Å². The van der Waals surface area contributed by atoms with Crippen LogP contribution < -0.4 is 5.73 Å². The first kappa shape index (κ1) is 11.6. The minimum atomic E-state index is -0.271. The average Bonchev–Trinajstić information content (AvgIpc) is 2.28. The first-order valence-corrected chi connectivity index (χ1v) is 5.77. The van der Waals surface area contributed by atoms with E-state index >= 15 is 0 Å². The van der Waals surface area contributed by atoms with Crippen molar-refractivity contribution in [3.8, 4) is 0 Å². The van der Waals surface area contributed by atoms with Gasteiger partial charge in [-0.2, -0.15) is 0 Å². The molecule has 2 N–H and O–H groups in total. The van der Waals surface area contributed by atoms with E-state index in [9.17, 15) is 4.79 Å². The highest BCUT2D eigenvalue weighted by Gasteiger charge is 2.37. The first-order valence-electron chi connectivity index (χ1n) is 5.77. The summed E-state index contributed by atoms with van der Waals surface area (Å²) in [5.41, 5.74) is 7.51. The second-order valence-corrected chi connectivity index (χ2v) is 4.93. The lowest BCUT2D eigenvalue weighted by Gasteiger charge is -2.35. The van der Waals surface area contributed by atoms with Gasteiger partial charge in [-0.3, -0.25) is 4.79 Å². The molecule has 0 fully saturated rings. The molecule has 0 saturated heterocycles. The molecule has 0 spiro atoms. The Morgan fingerprint density at radius 3 is 2.47 bits per heavy atom. The fourth-order valence-corrected chi connectivity index (χ4v) is 2.42. The van der Waals surface area contributed by atoms with Gasteiger partial charge in [0.15, 0.2) is 0 Å². The number of carbonyl (C=O) groups is 1. The van der Waals surface area contributed by atoms with Crippen molar-refractivity contribution in [2.45, 2.75) is 13.8 Å². The Hall–Kier alpha value is -1.83. The highest BCUT2D eigenvalue weighted by molar-refractivity contribution is 5.86. The summed E-state index contributed by atoms with van der Waals surface area (Å²) in [6.07, 6.45) is 5.87. The van der Waals surface area contributed by atoms with Crippen LogP contribution in [0.2, 0.25) is 0 Å². The number of carbonyl (C=O) groups excluding carboxylic acids is 1. The molecule has 17 heavy (non-hydrogen) atoms. The predicted molar refractivity (Wildman–Crippen MR) is 70.0 cm³/mol. The SMILES string of the molecule is CC1(C)C(c2ccccc2)=CC=CC1C(N)=O. The topological polar surface area (TPSA) is 43.1 Å². The van der Waals surface area contributed by atoms with Gasteiger partial charge in [-0.15, -0.1) is 0 Å². The van der Waals surface area contributed by atoms with E-state index < -0.39 is 0 Å². The van der Waals surface area contributed by atoms with Crippen LogP contribution in [0.15, 0.2) is 48.6 Å². The Morgan fingerprint density at radius 1 is 1.24 bits per heavy atom. The maximum atomic E-state index is 11.5. The Bertz CT molecular complexity index is 483. The molecule has 2 rings (SSSR count). The Morgan fingerprint density at radius 2 is 1.88 bits per heavy atom. The Labute approximate surface area is 102 Å². The smallest absolute Gasteiger partial charge is 0.225 e. The normalized spacial score (nSPS) is 22.0. The molecule has 1 atom stereocenters. The molecule has 88 valence electrons. The fourth-order valence-electron chi connectivity index (χ4n) is 2.42. The summed E-state index contributed by atoms with van der Waals surface area (Å²) in [7, 11) is 0. The molecule has 0 bridgehead atoms. The number of primary amides is 1. The largest absolute Gasteiger partial charge is 0.369 e. The van der Waals surface area contributed by atoms with E-state index in [4.69, 9.17) is 5.73 Å². The minimum absolute atomic E-state index is 0.247. The van der Waals surface area contributed by atoms with Crippen molar-refractivity contribution in [3.05, 3.63) is 54.1 Å². The van der Waals surface area contributed by atoms with Gasteiger partial charge in [-0.1, -0.05) is 62.4 Å². The third kappa shape index (κ3) is 2.03. The van der Waals surface area contributed by atoms with Gasteiger partial charge in [0.05, 0.1) is 5.92 Å². The van der Waals surface area contributed by atoms with Crippen molar-refractivity contribution >= 4 is 11.5 Å². The van der Waals surface area contributed by atoms with Crippen LogP contribution in [0.4, 0.5) is 0 Å². The lowest BCUT2D eigenvalue weighted by molar-refractivity contribution is -0.122. The summed E-state index contributed by atoms with van der Waals surface area (Å²) < 4.78 is 0. The Balaban J connectivity index is 2.45. The molecule has 1 amide bonds. The van der Waals surface area contributed by atoms with E-state index in [1.54, 1.807) is 0 Å². The molecule has 0 radical (unpaired) electrons. The molecule has 1 aromatic rings. The van der Waals surface area contributed by atoms with E-state index in [1.807, 2.05) is 30.4 Å². The maximum absolute atomic E-state index is 11.5. The van der Waals surface area contributed by atoms with Crippen LogP contribution in [0.25, 0.3) is 5.57 Å². The zero-order valence-electron chi connectivity index (χ0n) is 10.2. The van der Waals surface area contributed by atoms with Crippen molar-refractivity contribution in [2.75, 3.05) is 0 Å². The number of amides is 1. The molecule has 1 unspecified atom stereocenters. The van der Waals surface area contributed by atoms with Crippen LogP contribution in [0, 0.1) is 11.3 Å². The second-order valence-electron chi connectivity index (χ2n) is 4.93. The molecule has 2 heteroatoms. The van der Waals surface area contributed by atoms with Crippen LogP contribution in [-0.4, -0.2) is 5.91 Å². The van der Waals surface area contributed by atoms with Crippen LogP contribution in [0.1, 0.15) is 19.4 Å². The van der Waals surface area contributed by atoms with E-state index in [0.717, 1.165) is 11.1 Å². The quantitative estimate of drug-likeness (QED) is 0.829. The minimum Gasteiger partial charge on any atom is -0.369 e. The van der Waals surface area contributed by atoms with Gasteiger partial charge in [-0.25, -0.2) is 0 Å². The molecule has 1 aromatic carbocycles. The number of allylic oxidation sites excluding steroid dienone is 3. The van der Waals surface area contributed by atoms with E-state index in [0.29, 0.717) is 0 Å². The standard InChI is InChI=1S/C15H17NO/c1-15(2)12(11-7-4-3-5-8-11)9-6-10-13(15)14(16)17/h3-10,13H,1-2H3,(H2,16,17). The molecule has 0 saturated carbocycles. The Kier molecular flexibility index (Phi) is 2.88. The molecular weight excluding hydrogens is 210 g/mol. The van der Waals surface area contributed by atoms with Crippen molar-refractivity contribution in [3.63, 3.8) is 0 Å². The molecule has 2 nitrogen and oxygen atoms in total. The summed E-state index contributed by atoms with van der Waals surface area (Å²) in [6, 6.07) is 10.1. The number of hydrogen-bond acceptors (Lipinski definition) is 1. The maximum Gasteiger partial charge on any atom is 0.225 e. The van der Waals surface area contributed by atoms with Gasteiger partial charge in [0.1, 0.15) is 0 Å². The van der Waals surface area contributed by atoms with Gasteiger partial charge >= 0.3 is 0 Å². The average molecular weight is 227 g/mol. The zero-order valence-corrected chi connectivity index (χ0v) is 10.2. The summed E-state index contributed by atoms with van der Waals surface area (Å²) in [6.45, 7) is 4.12. The van der Waals surface area contributed by atoms with E-state index in [-0.39, 0.29) is 17.2 Å². The molecule has 0 heterocycles. The van der Waals surface area contributed by atoms with Crippen molar-refractivity contribution in [2.24, 2.45) is 17.1 Å². The number of hydrogen-bond donors (Lipinski definition) is 1. The first-order chi connectivity index (χ1) is 8.03. The van der Waals surface area contributed by atoms with Crippen LogP contribution in [0.3, 0.4) is 0 Å². The molecule has 1 aliphatic carbocycles. The lowest BCUT2D eigenvalue weighted by Crippen LogP contribution is -2.36. The molecule has 0 aromatic heterocycles. The predicted octanol–water partition coefficient (Wildman–Crippen LogP) is 2.77. The monoisotopic (exact) mass is 227 g/mol. The lowest BCUT2D eigenvalue weighted by atomic mass is 9.68. The second kappa shape index (κ2) is 4.21. The fraction of sp³-hybridized carbons (Fsp3) is 0.267. The summed E-state index contributed by atoms with van der Waals surface area (Å²) in [5, 5.41) is 0. The van der Waals surface area contributed by atoms with Gasteiger partial charge in [0.2, 0.25) is 5.91 Å². The number of rotatable bonds is 2. The number of nitrogens with two attached hydrogens (primary N) is 1. The summed E-state index contributed by atoms with van der Waals surface area (Å²) >= 11 is 0. The zero-order chi connectivity index (χ0) is 12.5. The molecule has 1 aliphatic rings. The highest BCUT2D eigenvalue weighted by Crippen LogP contribution is 2.43. The highest BCUT2D eigenvalue weighted by atomic mass is 16.1. The van der Waals surface area contributed by atoms with Crippen LogP contribution in [-0.2, 0) is 4.79 Å². The number of benzene rings is 1. The van der Waals surface area contributed by atoms with E-state index in [1.165, 1.54) is 0 Å². The summed E-state index contributed by atoms with van der Waals surface area (Å²) in [5.74, 6) is -0.518. The van der Waals surface area contributed by atoms with Crippen LogP contribution in [0.5, 0.6) is 0 Å². The van der Waals surface area contributed by atoms with Crippen LogP contribution >= 0.6 is 0 Å². The van der Waals surface area contributed by atoms with Gasteiger partial charge in [0.25, 0.3) is 0 Å². The van der Waals surface area contributed by atoms with Crippen molar-refractivity contribution < 1.29 is 4.79 Å². The van der Waals surface area contributed by atoms with Crippen molar-refractivity contribution in [1.82, 2.24) is 0 Å². The molecule has 0 aliphatic heterocycles.